The van der Waals surface area contributed by atoms with Crippen molar-refractivity contribution in [1.29, 1.82) is 0 Å². The van der Waals surface area contributed by atoms with Crippen LogP contribution in [0.2, 0.25) is 0 Å². The lowest BCUT2D eigenvalue weighted by atomic mass is 9.87. The zero-order valence-electron chi connectivity index (χ0n) is 16.7. The molecule has 0 radical (unpaired) electrons. The average molecular weight is 448 g/mol. The zero-order valence-corrected chi connectivity index (χ0v) is 18.3. The summed E-state index contributed by atoms with van der Waals surface area (Å²) in [5.74, 6) is -0.0445. The summed E-state index contributed by atoms with van der Waals surface area (Å²) < 4.78 is 11.5. The highest BCUT2D eigenvalue weighted by atomic mass is 79.9. The van der Waals surface area contributed by atoms with E-state index in [0.29, 0.717) is 23.6 Å². The Morgan fingerprint density at radius 3 is 2.32 bits per heavy atom. The fourth-order valence-electron chi connectivity index (χ4n) is 2.39. The molecule has 0 aromatic heterocycles. The standard InChI is InChI=1S/C22H26BrNO4/c1-5-12-27-21(26)15-6-9-17(10-7-15)24-20(25)14-28-19-11-8-16(13-18(19)23)22(2,3)4/h6-11,13H,5,12,14H2,1-4H3,(H,24,25). The Labute approximate surface area is 174 Å². The van der Waals surface area contributed by atoms with Crippen molar-refractivity contribution < 1.29 is 19.1 Å². The van der Waals surface area contributed by atoms with Gasteiger partial charge in [0.25, 0.3) is 5.91 Å². The molecule has 0 atom stereocenters. The smallest absolute Gasteiger partial charge is 0.338 e. The van der Waals surface area contributed by atoms with Crippen LogP contribution in [0.25, 0.3) is 0 Å². The number of amides is 1. The predicted molar refractivity (Wildman–Crippen MR) is 114 cm³/mol. The third-order valence-electron chi connectivity index (χ3n) is 4.00. The van der Waals surface area contributed by atoms with Gasteiger partial charge in [-0.15, -0.1) is 0 Å². The van der Waals surface area contributed by atoms with Gasteiger partial charge in [0.2, 0.25) is 0 Å². The van der Waals surface area contributed by atoms with Crippen LogP contribution < -0.4 is 10.1 Å². The molecule has 1 N–H and O–H groups in total. The molecule has 5 nitrogen and oxygen atoms in total. The molecule has 0 spiro atoms. The van der Waals surface area contributed by atoms with Crippen molar-refractivity contribution in [3.8, 4) is 5.75 Å². The number of hydrogen-bond donors (Lipinski definition) is 1. The van der Waals surface area contributed by atoms with E-state index in [-0.39, 0.29) is 23.9 Å². The van der Waals surface area contributed by atoms with E-state index in [0.717, 1.165) is 10.9 Å². The monoisotopic (exact) mass is 447 g/mol. The molecule has 150 valence electrons. The van der Waals surface area contributed by atoms with Crippen molar-refractivity contribution in [2.24, 2.45) is 0 Å². The summed E-state index contributed by atoms with van der Waals surface area (Å²) in [4.78, 5) is 23.9. The summed E-state index contributed by atoms with van der Waals surface area (Å²) in [6.07, 6.45) is 0.773. The molecule has 0 fully saturated rings. The first kappa shape index (κ1) is 22.0. The molecule has 0 saturated carbocycles. The lowest BCUT2D eigenvalue weighted by Gasteiger charge is -2.20. The lowest BCUT2D eigenvalue weighted by Crippen LogP contribution is -2.20. The van der Waals surface area contributed by atoms with Gasteiger partial charge in [-0.25, -0.2) is 4.79 Å². The maximum Gasteiger partial charge on any atom is 0.338 e. The minimum atomic E-state index is -0.369. The quantitative estimate of drug-likeness (QED) is 0.582. The number of carbonyl (C=O) groups is 2. The van der Waals surface area contributed by atoms with Crippen molar-refractivity contribution in [2.45, 2.75) is 39.5 Å². The maximum atomic E-state index is 12.1. The number of nitrogens with one attached hydrogen (secondary N) is 1. The predicted octanol–water partition coefficient (Wildman–Crippen LogP) is 5.33. The largest absolute Gasteiger partial charge is 0.483 e. The van der Waals surface area contributed by atoms with Crippen molar-refractivity contribution >= 4 is 33.5 Å². The number of hydrogen-bond acceptors (Lipinski definition) is 4. The molecule has 0 aliphatic heterocycles. The van der Waals surface area contributed by atoms with Crippen LogP contribution in [0.3, 0.4) is 0 Å². The number of halogens is 1. The molecule has 0 aliphatic carbocycles. The van der Waals surface area contributed by atoms with Gasteiger partial charge in [0.15, 0.2) is 6.61 Å². The summed E-state index contributed by atoms with van der Waals surface area (Å²) in [7, 11) is 0. The Bertz CT molecular complexity index is 825. The minimum Gasteiger partial charge on any atom is -0.483 e. The normalized spacial score (nSPS) is 11.0. The second-order valence-electron chi connectivity index (χ2n) is 7.45. The SMILES string of the molecule is CCCOC(=O)c1ccc(NC(=O)COc2ccc(C(C)(C)C)cc2Br)cc1. The fourth-order valence-corrected chi connectivity index (χ4v) is 2.89. The first-order valence-corrected chi connectivity index (χ1v) is 10.00. The molecular formula is C22H26BrNO4. The summed E-state index contributed by atoms with van der Waals surface area (Å²) in [6.45, 7) is 8.62. The zero-order chi connectivity index (χ0) is 20.7. The first-order chi connectivity index (χ1) is 13.2. The van der Waals surface area contributed by atoms with Gasteiger partial charge in [0.1, 0.15) is 5.75 Å². The number of carbonyl (C=O) groups excluding carboxylic acids is 2. The van der Waals surface area contributed by atoms with E-state index in [1.807, 2.05) is 25.1 Å². The van der Waals surface area contributed by atoms with Gasteiger partial charge in [-0.05, 0) is 69.7 Å². The van der Waals surface area contributed by atoms with E-state index < -0.39 is 0 Å². The maximum absolute atomic E-state index is 12.1. The van der Waals surface area contributed by atoms with Crippen LogP contribution in [0.4, 0.5) is 5.69 Å². The number of anilines is 1. The first-order valence-electron chi connectivity index (χ1n) is 9.20. The Morgan fingerprint density at radius 2 is 1.75 bits per heavy atom. The van der Waals surface area contributed by atoms with E-state index in [1.54, 1.807) is 24.3 Å². The number of rotatable bonds is 7. The van der Waals surface area contributed by atoms with Crippen LogP contribution in [0.1, 0.15) is 50.0 Å². The molecular weight excluding hydrogens is 422 g/mol. The minimum absolute atomic E-state index is 0.0353. The van der Waals surface area contributed by atoms with Crippen molar-refractivity contribution in [1.82, 2.24) is 0 Å². The molecule has 6 heteroatoms. The van der Waals surface area contributed by atoms with Gasteiger partial charge in [-0.1, -0.05) is 33.8 Å². The van der Waals surface area contributed by atoms with Gasteiger partial charge >= 0.3 is 5.97 Å². The second-order valence-corrected chi connectivity index (χ2v) is 8.30. The topological polar surface area (TPSA) is 64.6 Å². The Hall–Kier alpha value is -2.34. The molecule has 2 aromatic carbocycles. The molecule has 0 aliphatic rings. The number of benzene rings is 2. The van der Waals surface area contributed by atoms with E-state index in [9.17, 15) is 9.59 Å². The van der Waals surface area contributed by atoms with E-state index in [2.05, 4.69) is 42.0 Å². The molecule has 0 unspecified atom stereocenters. The summed E-state index contributed by atoms with van der Waals surface area (Å²) in [6, 6.07) is 12.4. The van der Waals surface area contributed by atoms with Gasteiger partial charge in [-0.3, -0.25) is 4.79 Å². The van der Waals surface area contributed by atoms with Crippen molar-refractivity contribution in [3.63, 3.8) is 0 Å². The van der Waals surface area contributed by atoms with Gasteiger partial charge in [0.05, 0.1) is 16.6 Å². The molecule has 2 rings (SSSR count). The van der Waals surface area contributed by atoms with E-state index >= 15 is 0 Å². The summed E-state index contributed by atoms with van der Waals surface area (Å²) >= 11 is 3.50. The molecule has 0 heterocycles. The van der Waals surface area contributed by atoms with Crippen LogP contribution in [-0.2, 0) is 14.9 Å². The highest BCUT2D eigenvalue weighted by molar-refractivity contribution is 9.10. The van der Waals surface area contributed by atoms with Gasteiger partial charge < -0.3 is 14.8 Å². The second kappa shape index (κ2) is 9.73. The highest BCUT2D eigenvalue weighted by Crippen LogP contribution is 2.31. The van der Waals surface area contributed by atoms with Crippen LogP contribution >= 0.6 is 15.9 Å². The molecule has 0 bridgehead atoms. The Kier molecular flexibility index (Phi) is 7.63. The number of esters is 1. The lowest BCUT2D eigenvalue weighted by molar-refractivity contribution is -0.118. The van der Waals surface area contributed by atoms with Crippen LogP contribution in [0.15, 0.2) is 46.9 Å². The Morgan fingerprint density at radius 1 is 1.07 bits per heavy atom. The van der Waals surface area contributed by atoms with E-state index in [4.69, 9.17) is 9.47 Å². The van der Waals surface area contributed by atoms with Crippen LogP contribution in [0, 0.1) is 0 Å². The number of ether oxygens (including phenoxy) is 2. The third kappa shape index (κ3) is 6.37. The molecule has 1 amide bonds. The average Bonchev–Trinajstić information content (AvgIpc) is 2.65. The van der Waals surface area contributed by atoms with Gasteiger partial charge in [0, 0.05) is 5.69 Å². The van der Waals surface area contributed by atoms with Crippen LogP contribution in [-0.4, -0.2) is 25.1 Å². The Balaban J connectivity index is 1.90. The summed E-state index contributed by atoms with van der Waals surface area (Å²) in [5, 5.41) is 2.75. The molecule has 0 saturated heterocycles. The highest BCUT2D eigenvalue weighted by Gasteiger charge is 2.16. The third-order valence-corrected chi connectivity index (χ3v) is 4.62. The fraction of sp³-hybridized carbons (Fsp3) is 0.364. The molecule has 2 aromatic rings. The van der Waals surface area contributed by atoms with Crippen LogP contribution in [0.5, 0.6) is 5.75 Å². The van der Waals surface area contributed by atoms with Crippen molar-refractivity contribution in [2.75, 3.05) is 18.5 Å². The summed E-state index contributed by atoms with van der Waals surface area (Å²) in [5.41, 5.74) is 2.25. The van der Waals surface area contributed by atoms with Gasteiger partial charge in [-0.2, -0.15) is 0 Å². The van der Waals surface area contributed by atoms with E-state index in [1.165, 1.54) is 5.56 Å². The molecule has 28 heavy (non-hydrogen) atoms. The van der Waals surface area contributed by atoms with Crippen molar-refractivity contribution in [3.05, 3.63) is 58.1 Å².